The molecule has 0 N–H and O–H groups in total. The van der Waals surface area contributed by atoms with E-state index in [1.54, 1.807) is 44.9 Å². The van der Waals surface area contributed by atoms with Gasteiger partial charge in [-0.1, -0.05) is 48.5 Å². The highest BCUT2D eigenvalue weighted by Crippen LogP contribution is 2.32. The zero-order valence-corrected chi connectivity index (χ0v) is 23.8. The van der Waals surface area contributed by atoms with E-state index in [9.17, 15) is 9.59 Å². The van der Waals surface area contributed by atoms with Crippen LogP contribution in [0.2, 0.25) is 0 Å². The topological polar surface area (TPSA) is 76.9 Å². The summed E-state index contributed by atoms with van der Waals surface area (Å²) in [7, 11) is 1.80. The average Bonchev–Trinajstić information content (AvgIpc) is 3.56. The highest BCUT2D eigenvalue weighted by Gasteiger charge is 2.36. The first-order chi connectivity index (χ1) is 19.8. The van der Waals surface area contributed by atoms with Gasteiger partial charge in [-0.25, -0.2) is 18.7 Å². The van der Waals surface area contributed by atoms with Crippen molar-refractivity contribution < 1.29 is 9.18 Å². The summed E-state index contributed by atoms with van der Waals surface area (Å²) in [5, 5.41) is 6.55. The van der Waals surface area contributed by atoms with Crippen molar-refractivity contribution in [3.8, 4) is 16.9 Å². The van der Waals surface area contributed by atoms with Crippen LogP contribution in [0.5, 0.6) is 0 Å². The summed E-state index contributed by atoms with van der Waals surface area (Å²) in [4.78, 5) is 34.1. The molecule has 0 unspecified atom stereocenters. The van der Waals surface area contributed by atoms with Crippen LogP contribution in [0.1, 0.15) is 25.1 Å². The lowest BCUT2D eigenvalue weighted by Crippen LogP contribution is -2.36. The Kier molecular flexibility index (Phi) is 6.63. The Morgan fingerprint density at radius 2 is 1.54 bits per heavy atom. The number of fused-ring (bicyclic) bond motifs is 1. The van der Waals surface area contributed by atoms with E-state index in [0.717, 1.165) is 5.69 Å². The molecule has 2 aromatic heterocycles. The number of hydrogen-bond donors (Lipinski definition) is 0. The van der Waals surface area contributed by atoms with Crippen LogP contribution in [0.15, 0.2) is 99.1 Å². The molecule has 206 valence electrons. The van der Waals surface area contributed by atoms with Crippen LogP contribution in [0.3, 0.4) is 0 Å². The van der Waals surface area contributed by atoms with Gasteiger partial charge in [-0.2, -0.15) is 5.10 Å². The van der Waals surface area contributed by atoms with Gasteiger partial charge in [0, 0.05) is 29.6 Å². The maximum Gasteiger partial charge on any atom is 0.297 e. The summed E-state index contributed by atoms with van der Waals surface area (Å²) < 4.78 is 19.8. The molecule has 0 bridgehead atoms. The van der Waals surface area contributed by atoms with E-state index in [0.29, 0.717) is 33.0 Å². The Bertz CT molecular complexity index is 1960. The molecule has 41 heavy (non-hydrogen) atoms. The van der Waals surface area contributed by atoms with Gasteiger partial charge >= 0.3 is 0 Å². The van der Waals surface area contributed by atoms with Crippen molar-refractivity contribution >= 4 is 34.3 Å². The number of amides is 1. The molecule has 0 spiro atoms. The van der Waals surface area contributed by atoms with Gasteiger partial charge in [-0.3, -0.25) is 14.3 Å². The second kappa shape index (κ2) is 10.3. The molecular weight excluding hydrogens is 539 g/mol. The zero-order chi connectivity index (χ0) is 28.8. The Labute approximate surface area is 239 Å². The van der Waals surface area contributed by atoms with E-state index in [1.807, 2.05) is 75.4 Å². The standard InChI is InChI=1S/C31H27FN6O2S/c1-19(2)36-25-17-11-9-15-23(25)28(29(36)39)34-37-26(22-14-8-10-16-24(22)32)18-41-31(37)33-27-20(3)35(4)38(30(27)40)21-12-6-5-7-13-21/h5-19H,1-4H3. The molecule has 0 fully saturated rings. The maximum atomic E-state index is 15.0. The molecule has 0 aliphatic carbocycles. The quantitative estimate of drug-likeness (QED) is 0.286. The van der Waals surface area contributed by atoms with Crippen LogP contribution >= 0.6 is 11.3 Å². The summed E-state index contributed by atoms with van der Waals surface area (Å²) in [5.41, 5.74) is 3.67. The number of halogens is 1. The second-order valence-electron chi connectivity index (χ2n) is 9.95. The van der Waals surface area contributed by atoms with Gasteiger partial charge in [-0.15, -0.1) is 11.3 Å². The minimum absolute atomic E-state index is 0.0950. The van der Waals surface area contributed by atoms with Crippen molar-refractivity contribution in [3.63, 3.8) is 0 Å². The maximum absolute atomic E-state index is 15.0. The molecule has 1 amide bonds. The van der Waals surface area contributed by atoms with Gasteiger partial charge in [0.2, 0.25) is 4.80 Å². The van der Waals surface area contributed by atoms with Crippen molar-refractivity contribution in [2.24, 2.45) is 17.1 Å². The normalized spacial score (nSPS) is 14.5. The molecule has 0 saturated heterocycles. The Balaban J connectivity index is 1.62. The zero-order valence-electron chi connectivity index (χ0n) is 22.9. The fourth-order valence-electron chi connectivity index (χ4n) is 5.04. The van der Waals surface area contributed by atoms with Crippen molar-refractivity contribution in [2.45, 2.75) is 26.8 Å². The van der Waals surface area contributed by atoms with Gasteiger partial charge in [0.1, 0.15) is 5.82 Å². The summed E-state index contributed by atoms with van der Waals surface area (Å²) in [5.74, 6) is -0.692. The highest BCUT2D eigenvalue weighted by molar-refractivity contribution is 7.07. The summed E-state index contributed by atoms with van der Waals surface area (Å²) in [6.45, 7) is 5.70. The number of benzene rings is 3. The first-order valence-electron chi connectivity index (χ1n) is 13.1. The molecule has 8 nitrogen and oxygen atoms in total. The number of anilines is 1. The molecule has 10 heteroatoms. The fraction of sp³-hybridized carbons (Fsp3) is 0.161. The Hall–Kier alpha value is -4.83. The average molecular weight is 567 g/mol. The number of hydrogen-bond acceptors (Lipinski definition) is 5. The fourth-order valence-corrected chi connectivity index (χ4v) is 5.87. The third-order valence-electron chi connectivity index (χ3n) is 7.12. The predicted molar refractivity (Wildman–Crippen MR) is 160 cm³/mol. The molecule has 3 aromatic carbocycles. The lowest BCUT2D eigenvalue weighted by atomic mass is 10.1. The second-order valence-corrected chi connectivity index (χ2v) is 10.8. The number of nitrogens with zero attached hydrogens (tertiary/aromatic N) is 6. The molecule has 3 heterocycles. The van der Waals surface area contributed by atoms with E-state index in [4.69, 9.17) is 10.1 Å². The Morgan fingerprint density at radius 1 is 0.878 bits per heavy atom. The number of carbonyl (C=O) groups is 1. The van der Waals surface area contributed by atoms with E-state index in [-0.39, 0.29) is 28.9 Å². The van der Waals surface area contributed by atoms with Gasteiger partial charge in [0.25, 0.3) is 11.5 Å². The number of para-hydroxylation sites is 2. The van der Waals surface area contributed by atoms with Gasteiger partial charge in [0.05, 0.1) is 22.8 Å². The van der Waals surface area contributed by atoms with Crippen LogP contribution < -0.4 is 15.3 Å². The summed E-state index contributed by atoms with van der Waals surface area (Å²) >= 11 is 1.22. The Morgan fingerprint density at radius 3 is 2.24 bits per heavy atom. The lowest BCUT2D eigenvalue weighted by molar-refractivity contribution is -0.112. The molecule has 0 atom stereocenters. The van der Waals surface area contributed by atoms with Crippen molar-refractivity contribution in [3.05, 3.63) is 116 Å². The summed E-state index contributed by atoms with van der Waals surface area (Å²) in [6, 6.07) is 23.1. The minimum atomic E-state index is -0.435. The van der Waals surface area contributed by atoms with Crippen LogP contribution in [-0.4, -0.2) is 31.7 Å². The monoisotopic (exact) mass is 566 g/mol. The minimum Gasteiger partial charge on any atom is -0.304 e. The summed E-state index contributed by atoms with van der Waals surface area (Å²) in [6.07, 6.45) is 0. The predicted octanol–water partition coefficient (Wildman–Crippen LogP) is 5.39. The van der Waals surface area contributed by atoms with Crippen molar-refractivity contribution in [2.75, 3.05) is 4.90 Å². The number of aromatic nitrogens is 3. The lowest BCUT2D eigenvalue weighted by Gasteiger charge is -2.20. The molecular formula is C31H27FN6O2S. The molecule has 6 rings (SSSR count). The smallest absolute Gasteiger partial charge is 0.297 e. The van der Waals surface area contributed by atoms with Crippen molar-refractivity contribution in [1.29, 1.82) is 0 Å². The van der Waals surface area contributed by atoms with Gasteiger partial charge in [0.15, 0.2) is 11.4 Å². The molecule has 0 radical (unpaired) electrons. The number of rotatable bonds is 5. The van der Waals surface area contributed by atoms with Crippen LogP contribution in [-0.2, 0) is 11.8 Å². The first-order valence-corrected chi connectivity index (χ1v) is 14.0. The molecule has 1 aliphatic rings. The molecule has 0 saturated carbocycles. The third-order valence-corrected chi connectivity index (χ3v) is 7.94. The van der Waals surface area contributed by atoms with Crippen LogP contribution in [0.25, 0.3) is 16.9 Å². The number of carbonyl (C=O) groups excluding carboxylic acids is 1. The van der Waals surface area contributed by atoms with E-state index < -0.39 is 5.82 Å². The first kappa shape index (κ1) is 26.4. The SMILES string of the molecule is Cc1c(N=c2scc(-c3ccccc3F)n2N=C2C(=O)N(C(C)C)c3ccccc32)c(=O)n(-c2ccccc2)n1C. The third kappa shape index (κ3) is 4.36. The van der Waals surface area contributed by atoms with E-state index >= 15 is 4.39 Å². The van der Waals surface area contributed by atoms with Crippen molar-refractivity contribution in [1.82, 2.24) is 14.0 Å². The van der Waals surface area contributed by atoms with Crippen LogP contribution in [0.4, 0.5) is 15.8 Å². The molecule has 5 aromatic rings. The largest absolute Gasteiger partial charge is 0.304 e. The number of thiazole rings is 1. The van der Waals surface area contributed by atoms with E-state index in [2.05, 4.69) is 0 Å². The molecule has 1 aliphatic heterocycles. The highest BCUT2D eigenvalue weighted by atomic mass is 32.1. The van der Waals surface area contributed by atoms with E-state index in [1.165, 1.54) is 22.1 Å². The van der Waals surface area contributed by atoms with Gasteiger partial charge in [-0.05, 0) is 51.1 Å². The van der Waals surface area contributed by atoms with Crippen LogP contribution in [0, 0.1) is 12.7 Å². The van der Waals surface area contributed by atoms with Gasteiger partial charge < -0.3 is 4.90 Å².